The molecule has 2 aliphatic rings. The summed E-state index contributed by atoms with van der Waals surface area (Å²) in [5.74, 6) is 0. The van der Waals surface area contributed by atoms with Gasteiger partial charge in [0.1, 0.15) is 17.8 Å². The highest BCUT2D eigenvalue weighted by molar-refractivity contribution is 7.80. The largest absolute Gasteiger partial charge is 0.474 e. The van der Waals surface area contributed by atoms with Crippen LogP contribution in [0.4, 0.5) is 16.2 Å². The standard InChI is InChI=1S/C16H20N4O4S2/c1-23-15(26)17-6-13-7-20(16(22)24-13)12-4-2-11(3-5-12)18-8-14(25)19(9-18)10-21/h2-5,13,21H,6-10H2,1H3,(H,17,26)/t13-/m0/s1. The van der Waals surface area contributed by atoms with Gasteiger partial charge < -0.3 is 29.7 Å². The van der Waals surface area contributed by atoms with Crippen molar-refractivity contribution in [2.45, 2.75) is 6.10 Å². The first-order valence-electron chi connectivity index (χ1n) is 8.05. The van der Waals surface area contributed by atoms with Gasteiger partial charge in [-0.05, 0) is 36.5 Å². The summed E-state index contributed by atoms with van der Waals surface area (Å²) in [4.78, 5) is 18.2. The lowest BCUT2D eigenvalue weighted by atomic mass is 10.2. The molecule has 0 unspecified atom stereocenters. The molecule has 1 atom stereocenters. The number of cyclic esters (lactones) is 1. The fraction of sp³-hybridized carbons (Fsp3) is 0.438. The van der Waals surface area contributed by atoms with Crippen molar-refractivity contribution in [3.63, 3.8) is 0 Å². The van der Waals surface area contributed by atoms with E-state index in [2.05, 4.69) is 10.2 Å². The maximum atomic E-state index is 12.1. The van der Waals surface area contributed by atoms with E-state index in [1.165, 1.54) is 7.11 Å². The number of aliphatic hydroxyl groups excluding tert-OH is 1. The topological polar surface area (TPSA) is 77.5 Å². The summed E-state index contributed by atoms with van der Waals surface area (Å²) in [6.45, 7) is 1.88. The van der Waals surface area contributed by atoms with Crippen LogP contribution in [0.25, 0.3) is 0 Å². The average molecular weight is 396 g/mol. The Kier molecular flexibility index (Phi) is 5.74. The molecule has 2 fully saturated rings. The molecule has 140 valence electrons. The summed E-state index contributed by atoms with van der Waals surface area (Å²) in [5, 5.41) is 12.4. The maximum Gasteiger partial charge on any atom is 0.414 e. The fourth-order valence-electron chi connectivity index (χ4n) is 2.85. The van der Waals surface area contributed by atoms with Gasteiger partial charge in [0.15, 0.2) is 0 Å². The fourth-order valence-corrected chi connectivity index (χ4v) is 3.20. The highest BCUT2D eigenvalue weighted by Crippen LogP contribution is 2.26. The van der Waals surface area contributed by atoms with Gasteiger partial charge in [-0.2, -0.15) is 0 Å². The second-order valence-electron chi connectivity index (χ2n) is 5.92. The first kappa shape index (κ1) is 18.6. The normalized spacial score (nSPS) is 19.8. The number of carbonyl (C=O) groups excluding carboxylic acids is 1. The van der Waals surface area contributed by atoms with E-state index in [0.717, 1.165) is 11.4 Å². The number of aliphatic hydroxyl groups is 1. The van der Waals surface area contributed by atoms with Crippen LogP contribution in [-0.2, 0) is 9.47 Å². The van der Waals surface area contributed by atoms with Gasteiger partial charge in [0.25, 0.3) is 5.17 Å². The van der Waals surface area contributed by atoms with E-state index < -0.39 is 0 Å². The zero-order valence-electron chi connectivity index (χ0n) is 14.3. The van der Waals surface area contributed by atoms with E-state index in [1.54, 1.807) is 9.80 Å². The molecule has 0 radical (unpaired) electrons. The number of ether oxygens (including phenoxy) is 2. The van der Waals surface area contributed by atoms with Crippen LogP contribution in [-0.4, -0.2) is 72.5 Å². The molecule has 3 rings (SSSR count). The zero-order valence-corrected chi connectivity index (χ0v) is 15.9. The molecule has 0 bridgehead atoms. The highest BCUT2D eigenvalue weighted by atomic mass is 32.1. The first-order valence-corrected chi connectivity index (χ1v) is 8.87. The smallest absolute Gasteiger partial charge is 0.414 e. The molecule has 26 heavy (non-hydrogen) atoms. The number of nitrogens with zero attached hydrogens (tertiary/aromatic N) is 3. The van der Waals surface area contributed by atoms with Gasteiger partial charge in [0.2, 0.25) is 0 Å². The average Bonchev–Trinajstić information content (AvgIpc) is 3.22. The van der Waals surface area contributed by atoms with E-state index in [9.17, 15) is 9.90 Å². The molecule has 0 aliphatic carbocycles. The quantitative estimate of drug-likeness (QED) is 0.706. The Balaban J connectivity index is 1.61. The van der Waals surface area contributed by atoms with E-state index in [0.29, 0.717) is 31.3 Å². The van der Waals surface area contributed by atoms with Crippen LogP contribution in [0.5, 0.6) is 0 Å². The Morgan fingerprint density at radius 3 is 2.69 bits per heavy atom. The Morgan fingerprint density at radius 1 is 1.38 bits per heavy atom. The van der Waals surface area contributed by atoms with Crippen molar-refractivity contribution in [1.82, 2.24) is 10.2 Å². The number of methoxy groups -OCH3 is 1. The van der Waals surface area contributed by atoms with Crippen LogP contribution in [0, 0.1) is 0 Å². The van der Waals surface area contributed by atoms with Crippen LogP contribution < -0.4 is 15.1 Å². The van der Waals surface area contributed by atoms with Gasteiger partial charge in [-0.15, -0.1) is 0 Å². The van der Waals surface area contributed by atoms with E-state index in [4.69, 9.17) is 33.9 Å². The minimum atomic E-state index is -0.387. The Morgan fingerprint density at radius 2 is 2.08 bits per heavy atom. The van der Waals surface area contributed by atoms with Crippen LogP contribution in [0.3, 0.4) is 0 Å². The first-order chi connectivity index (χ1) is 12.5. The van der Waals surface area contributed by atoms with E-state index in [-0.39, 0.29) is 24.1 Å². The van der Waals surface area contributed by atoms with Crippen LogP contribution in [0.15, 0.2) is 24.3 Å². The molecule has 2 heterocycles. The van der Waals surface area contributed by atoms with Gasteiger partial charge >= 0.3 is 6.09 Å². The molecule has 8 nitrogen and oxygen atoms in total. The Hall–Kier alpha value is -2.17. The molecule has 1 aromatic carbocycles. The van der Waals surface area contributed by atoms with Crippen molar-refractivity contribution in [2.24, 2.45) is 0 Å². The van der Waals surface area contributed by atoms with Crippen LogP contribution in [0.1, 0.15) is 0 Å². The lowest BCUT2D eigenvalue weighted by Crippen LogP contribution is -2.34. The van der Waals surface area contributed by atoms with Crippen LogP contribution in [0.2, 0.25) is 0 Å². The number of rotatable bonds is 5. The van der Waals surface area contributed by atoms with Gasteiger partial charge in [0.05, 0.1) is 33.4 Å². The molecule has 2 saturated heterocycles. The molecule has 1 aromatic rings. The Bertz CT molecular complexity index is 700. The minimum absolute atomic E-state index is 0.0883. The second kappa shape index (κ2) is 8.02. The van der Waals surface area contributed by atoms with Crippen molar-refractivity contribution >= 4 is 52.1 Å². The van der Waals surface area contributed by atoms with Crippen molar-refractivity contribution in [2.75, 3.05) is 49.9 Å². The number of hydrogen-bond acceptors (Lipinski definition) is 7. The minimum Gasteiger partial charge on any atom is -0.474 e. The third-order valence-electron chi connectivity index (χ3n) is 4.25. The molecule has 1 amide bonds. The monoisotopic (exact) mass is 396 g/mol. The number of carbonyl (C=O) groups is 1. The molecule has 0 aromatic heterocycles. The third-order valence-corrected chi connectivity index (χ3v) is 4.95. The lowest BCUT2D eigenvalue weighted by Gasteiger charge is -2.20. The summed E-state index contributed by atoms with van der Waals surface area (Å²) in [5.41, 5.74) is 1.74. The summed E-state index contributed by atoms with van der Waals surface area (Å²) < 4.78 is 10.2. The number of nitrogens with one attached hydrogen (secondary N) is 1. The van der Waals surface area contributed by atoms with Gasteiger partial charge in [-0.25, -0.2) is 4.79 Å². The molecular weight excluding hydrogens is 376 g/mol. The molecule has 2 N–H and O–H groups in total. The summed E-state index contributed by atoms with van der Waals surface area (Å²) in [6, 6.07) is 7.60. The van der Waals surface area contributed by atoms with Gasteiger partial charge in [0, 0.05) is 11.4 Å². The molecular formula is C16H20N4O4S2. The summed E-state index contributed by atoms with van der Waals surface area (Å²) >= 11 is 10.2. The molecule has 10 heteroatoms. The number of amides is 1. The van der Waals surface area contributed by atoms with Gasteiger partial charge in [-0.1, -0.05) is 12.2 Å². The van der Waals surface area contributed by atoms with Crippen molar-refractivity contribution in [3.8, 4) is 0 Å². The number of thiocarbonyl (C=S) groups is 2. The molecule has 0 spiro atoms. The Labute approximate surface area is 162 Å². The van der Waals surface area contributed by atoms with Crippen molar-refractivity contribution in [3.05, 3.63) is 24.3 Å². The predicted octanol–water partition coefficient (Wildman–Crippen LogP) is 0.889. The predicted molar refractivity (Wildman–Crippen MR) is 105 cm³/mol. The van der Waals surface area contributed by atoms with Crippen LogP contribution >= 0.6 is 24.4 Å². The SMILES string of the molecule is COC(=S)NC[C@H]1CN(c2ccc(N3CC(=S)N(CO)C3)cc2)C(=O)O1. The maximum absolute atomic E-state index is 12.1. The number of benzene rings is 1. The van der Waals surface area contributed by atoms with Crippen molar-refractivity contribution < 1.29 is 19.4 Å². The summed E-state index contributed by atoms with van der Waals surface area (Å²) in [7, 11) is 1.48. The van der Waals surface area contributed by atoms with Crippen molar-refractivity contribution in [1.29, 1.82) is 0 Å². The lowest BCUT2D eigenvalue weighted by molar-refractivity contribution is 0.142. The molecule has 2 aliphatic heterocycles. The molecule has 0 saturated carbocycles. The number of anilines is 2. The second-order valence-corrected chi connectivity index (χ2v) is 6.76. The van der Waals surface area contributed by atoms with E-state index in [1.807, 2.05) is 24.3 Å². The van der Waals surface area contributed by atoms with Gasteiger partial charge in [-0.3, -0.25) is 4.90 Å². The van der Waals surface area contributed by atoms with E-state index >= 15 is 0 Å². The summed E-state index contributed by atoms with van der Waals surface area (Å²) in [6.07, 6.45) is -0.689. The zero-order chi connectivity index (χ0) is 18.7. The highest BCUT2D eigenvalue weighted by Gasteiger charge is 2.32. The third kappa shape index (κ3) is 3.97. The number of hydrogen-bond donors (Lipinski definition) is 2.